The summed E-state index contributed by atoms with van der Waals surface area (Å²) in [6.07, 6.45) is 5.44. The molecule has 0 saturated carbocycles. The maximum absolute atomic E-state index is 6.04. The van der Waals surface area contributed by atoms with Crippen LogP contribution in [0.4, 0.5) is 0 Å². The van der Waals surface area contributed by atoms with E-state index in [0.717, 1.165) is 58.8 Å². The Morgan fingerprint density at radius 1 is 1.03 bits per heavy atom. The maximum Gasteiger partial charge on any atom is 0.217 e. The molecule has 5 nitrogen and oxygen atoms in total. The molecule has 3 heterocycles. The molecule has 1 fully saturated rings. The third-order valence-electron chi connectivity index (χ3n) is 5.44. The van der Waals surface area contributed by atoms with Gasteiger partial charge in [0.1, 0.15) is 12.4 Å². The molecule has 2 aromatic heterocycles. The smallest absolute Gasteiger partial charge is 0.217 e. The van der Waals surface area contributed by atoms with Crippen LogP contribution in [-0.4, -0.2) is 36.4 Å². The summed E-state index contributed by atoms with van der Waals surface area (Å²) in [6, 6.07) is 14.3. The average Bonchev–Trinajstić information content (AvgIpc) is 2.78. The summed E-state index contributed by atoms with van der Waals surface area (Å²) in [6.45, 7) is 5.45. The van der Waals surface area contributed by atoms with Crippen LogP contribution in [0.2, 0.25) is 0 Å². The lowest BCUT2D eigenvalue weighted by atomic mass is 9.98. The molecule has 5 heteroatoms. The van der Waals surface area contributed by atoms with Crippen molar-refractivity contribution in [3.63, 3.8) is 0 Å². The Hall–Kier alpha value is -2.92. The van der Waals surface area contributed by atoms with E-state index in [4.69, 9.17) is 14.2 Å². The van der Waals surface area contributed by atoms with Gasteiger partial charge in [0.25, 0.3) is 0 Å². The maximum atomic E-state index is 6.04. The topological polar surface area (TPSA) is 53.5 Å². The van der Waals surface area contributed by atoms with E-state index in [9.17, 15) is 0 Å². The number of hydrogen-bond donors (Lipinski definition) is 0. The molecule has 3 aromatic rings. The predicted octanol–water partition coefficient (Wildman–Crippen LogP) is 5.38. The van der Waals surface area contributed by atoms with E-state index in [1.54, 1.807) is 7.11 Å². The number of aromatic nitrogens is 2. The first-order valence-electron chi connectivity index (χ1n) is 10.5. The molecule has 1 saturated heterocycles. The van der Waals surface area contributed by atoms with Crippen molar-refractivity contribution in [3.05, 3.63) is 59.9 Å². The van der Waals surface area contributed by atoms with Crippen molar-refractivity contribution in [2.75, 3.05) is 20.3 Å². The van der Waals surface area contributed by atoms with Crippen molar-refractivity contribution >= 4 is 0 Å². The Morgan fingerprint density at radius 2 is 1.90 bits per heavy atom. The van der Waals surface area contributed by atoms with Gasteiger partial charge in [0.15, 0.2) is 0 Å². The van der Waals surface area contributed by atoms with Crippen LogP contribution in [0.25, 0.3) is 22.4 Å². The van der Waals surface area contributed by atoms with Crippen LogP contribution in [0, 0.1) is 13.8 Å². The van der Waals surface area contributed by atoms with E-state index in [-0.39, 0.29) is 6.10 Å². The zero-order valence-electron chi connectivity index (χ0n) is 17.9. The van der Waals surface area contributed by atoms with E-state index in [1.165, 1.54) is 6.42 Å². The molecule has 156 valence electrons. The van der Waals surface area contributed by atoms with Gasteiger partial charge in [0.05, 0.1) is 18.9 Å². The highest BCUT2D eigenvalue weighted by Gasteiger charge is 2.16. The van der Waals surface area contributed by atoms with Gasteiger partial charge in [-0.05, 0) is 50.3 Å². The number of ether oxygens (including phenoxy) is 3. The van der Waals surface area contributed by atoms with E-state index < -0.39 is 0 Å². The summed E-state index contributed by atoms with van der Waals surface area (Å²) < 4.78 is 17.2. The van der Waals surface area contributed by atoms with Crippen molar-refractivity contribution in [2.45, 2.75) is 39.2 Å². The molecule has 0 bridgehead atoms. The minimum atomic E-state index is 0.158. The second-order valence-corrected chi connectivity index (χ2v) is 7.75. The molecule has 1 atom stereocenters. The Labute approximate surface area is 178 Å². The van der Waals surface area contributed by atoms with Crippen molar-refractivity contribution in [2.24, 2.45) is 0 Å². The largest absolute Gasteiger partial charge is 0.491 e. The fourth-order valence-electron chi connectivity index (χ4n) is 3.70. The molecule has 0 N–H and O–H groups in total. The first-order valence-corrected chi connectivity index (χ1v) is 10.5. The molecular formula is C25H28N2O3. The monoisotopic (exact) mass is 404 g/mol. The molecule has 30 heavy (non-hydrogen) atoms. The van der Waals surface area contributed by atoms with Gasteiger partial charge in [-0.25, -0.2) is 4.98 Å². The lowest BCUT2D eigenvalue weighted by molar-refractivity contribution is -0.0111. The summed E-state index contributed by atoms with van der Waals surface area (Å²) in [5, 5.41) is 0. The highest BCUT2D eigenvalue weighted by molar-refractivity contribution is 5.72. The lowest BCUT2D eigenvalue weighted by Gasteiger charge is -2.22. The Kier molecular flexibility index (Phi) is 6.29. The van der Waals surface area contributed by atoms with Crippen LogP contribution in [0.3, 0.4) is 0 Å². The number of rotatable bonds is 6. The van der Waals surface area contributed by atoms with Gasteiger partial charge in [-0.2, -0.15) is 0 Å². The summed E-state index contributed by atoms with van der Waals surface area (Å²) in [5.41, 5.74) is 6.27. The number of pyridine rings is 2. The number of hydrogen-bond acceptors (Lipinski definition) is 5. The number of aryl methyl sites for hydroxylation is 2. The van der Waals surface area contributed by atoms with Crippen molar-refractivity contribution in [1.82, 2.24) is 9.97 Å². The minimum absolute atomic E-state index is 0.158. The number of methoxy groups -OCH3 is 1. The normalized spacial score (nSPS) is 16.3. The average molecular weight is 405 g/mol. The predicted molar refractivity (Wildman–Crippen MR) is 118 cm³/mol. The number of nitrogens with zero attached hydrogens (tertiary/aromatic N) is 2. The molecule has 0 aliphatic carbocycles. The first-order chi connectivity index (χ1) is 14.6. The van der Waals surface area contributed by atoms with E-state index in [2.05, 4.69) is 41.2 Å². The van der Waals surface area contributed by atoms with E-state index in [0.29, 0.717) is 12.5 Å². The first kappa shape index (κ1) is 20.4. The van der Waals surface area contributed by atoms with Gasteiger partial charge < -0.3 is 14.2 Å². The second-order valence-electron chi connectivity index (χ2n) is 7.75. The van der Waals surface area contributed by atoms with Gasteiger partial charge in [-0.15, -0.1) is 0 Å². The molecule has 0 amide bonds. The van der Waals surface area contributed by atoms with E-state index in [1.807, 2.05) is 31.3 Å². The molecule has 0 spiro atoms. The van der Waals surface area contributed by atoms with Crippen LogP contribution in [0.1, 0.15) is 30.5 Å². The van der Waals surface area contributed by atoms with Crippen LogP contribution in [-0.2, 0) is 4.74 Å². The fourth-order valence-corrected chi connectivity index (χ4v) is 3.70. The van der Waals surface area contributed by atoms with Crippen LogP contribution < -0.4 is 9.47 Å². The second kappa shape index (κ2) is 9.26. The SMILES string of the molecule is COc1cc(OC[C@H]2CCCCO2)cc(-c2ccc(-c3ccc(C)nc3)cc2C)n1. The van der Waals surface area contributed by atoms with Gasteiger partial charge >= 0.3 is 0 Å². The van der Waals surface area contributed by atoms with Crippen molar-refractivity contribution < 1.29 is 14.2 Å². The van der Waals surface area contributed by atoms with Gasteiger partial charge in [-0.1, -0.05) is 24.3 Å². The fraction of sp³-hybridized carbons (Fsp3) is 0.360. The molecule has 1 aliphatic rings. The molecule has 1 aliphatic heterocycles. The van der Waals surface area contributed by atoms with Gasteiger partial charge in [-0.3, -0.25) is 4.98 Å². The quantitative estimate of drug-likeness (QED) is 0.552. The molecular weight excluding hydrogens is 376 g/mol. The number of benzene rings is 1. The van der Waals surface area contributed by atoms with Crippen LogP contribution in [0.5, 0.6) is 11.6 Å². The summed E-state index contributed by atoms with van der Waals surface area (Å²) in [5.74, 6) is 1.29. The van der Waals surface area contributed by atoms with Crippen LogP contribution >= 0.6 is 0 Å². The zero-order valence-corrected chi connectivity index (χ0v) is 17.9. The van der Waals surface area contributed by atoms with Crippen molar-refractivity contribution in [1.29, 1.82) is 0 Å². The Bertz CT molecular complexity index is 996. The van der Waals surface area contributed by atoms with Gasteiger partial charge in [0.2, 0.25) is 5.88 Å². The van der Waals surface area contributed by atoms with Crippen LogP contribution in [0.15, 0.2) is 48.7 Å². The standard InChI is InChI=1S/C25H28N2O3/c1-17-12-19(20-8-7-18(2)26-15-20)9-10-23(17)24-13-22(14-25(27-24)28-3)30-16-21-6-4-5-11-29-21/h7-10,12-15,21H,4-6,11,16H2,1-3H3/t21-/m1/s1. The third kappa shape index (κ3) is 4.79. The Balaban J connectivity index is 1.58. The summed E-state index contributed by atoms with van der Waals surface area (Å²) >= 11 is 0. The molecule has 0 radical (unpaired) electrons. The highest BCUT2D eigenvalue weighted by atomic mass is 16.5. The summed E-state index contributed by atoms with van der Waals surface area (Å²) in [7, 11) is 1.63. The minimum Gasteiger partial charge on any atom is -0.491 e. The van der Waals surface area contributed by atoms with Crippen molar-refractivity contribution in [3.8, 4) is 34.0 Å². The molecule has 0 unspecified atom stereocenters. The molecule has 1 aromatic carbocycles. The zero-order chi connectivity index (χ0) is 20.9. The van der Waals surface area contributed by atoms with E-state index >= 15 is 0 Å². The summed E-state index contributed by atoms with van der Waals surface area (Å²) in [4.78, 5) is 9.05. The highest BCUT2D eigenvalue weighted by Crippen LogP contribution is 2.31. The van der Waals surface area contributed by atoms with Gasteiger partial charge in [0, 0.05) is 41.8 Å². The lowest BCUT2D eigenvalue weighted by Crippen LogP contribution is -2.25. The Morgan fingerprint density at radius 3 is 2.60 bits per heavy atom. The molecule has 4 rings (SSSR count). The third-order valence-corrected chi connectivity index (χ3v) is 5.44.